The predicted molar refractivity (Wildman–Crippen MR) is 102 cm³/mol. The van der Waals surface area contributed by atoms with Crippen LogP contribution in [0, 0.1) is 5.92 Å². The minimum absolute atomic E-state index is 0.0928. The van der Waals surface area contributed by atoms with E-state index >= 15 is 0 Å². The van der Waals surface area contributed by atoms with Gasteiger partial charge >= 0.3 is 0 Å². The number of piperidine rings is 2. The van der Waals surface area contributed by atoms with Gasteiger partial charge in [-0.25, -0.2) is 0 Å². The van der Waals surface area contributed by atoms with Gasteiger partial charge in [0.1, 0.15) is 0 Å². The summed E-state index contributed by atoms with van der Waals surface area (Å²) < 4.78 is 0. The van der Waals surface area contributed by atoms with Crippen molar-refractivity contribution in [1.29, 1.82) is 0 Å². The minimum atomic E-state index is 0.0928. The van der Waals surface area contributed by atoms with E-state index in [0.717, 1.165) is 51.9 Å². The monoisotopic (exact) mass is 353 g/mol. The molecule has 5 nitrogen and oxygen atoms in total. The highest BCUT2D eigenvalue weighted by molar-refractivity contribution is 5.84. The molecule has 0 atom stereocenters. The Labute approximate surface area is 154 Å². The summed E-state index contributed by atoms with van der Waals surface area (Å²) in [6.07, 6.45) is 5.81. The fraction of sp³-hybridized carbons (Fsp3) is 0.524. The summed E-state index contributed by atoms with van der Waals surface area (Å²) in [5, 5.41) is 1.31. The van der Waals surface area contributed by atoms with E-state index in [1.165, 1.54) is 16.5 Å². The number of likely N-dealkylation sites (tertiary alicyclic amines) is 2. The number of carbonyl (C=O) groups is 2. The molecule has 26 heavy (non-hydrogen) atoms. The molecule has 0 aliphatic carbocycles. The molecule has 0 saturated carbocycles. The lowest BCUT2D eigenvalue weighted by molar-refractivity contribution is -0.140. The van der Waals surface area contributed by atoms with Crippen LogP contribution >= 0.6 is 0 Å². The van der Waals surface area contributed by atoms with Gasteiger partial charge in [0, 0.05) is 56.1 Å². The Morgan fingerprint density at radius 2 is 1.62 bits per heavy atom. The van der Waals surface area contributed by atoms with E-state index in [1.54, 1.807) is 6.92 Å². The van der Waals surface area contributed by atoms with Crippen molar-refractivity contribution in [3.8, 4) is 0 Å². The van der Waals surface area contributed by atoms with Gasteiger partial charge < -0.3 is 14.8 Å². The SMILES string of the molecule is CC(=O)N1CCC(C(=O)N2CCC(c3c[nH]c4ccccc34)CC2)CC1. The first-order chi connectivity index (χ1) is 12.6. The van der Waals surface area contributed by atoms with E-state index in [4.69, 9.17) is 0 Å². The normalized spacial score (nSPS) is 19.9. The quantitative estimate of drug-likeness (QED) is 0.902. The third-order valence-corrected chi connectivity index (χ3v) is 6.16. The Morgan fingerprint density at radius 1 is 0.962 bits per heavy atom. The van der Waals surface area contributed by atoms with Gasteiger partial charge in [-0.1, -0.05) is 18.2 Å². The molecule has 2 fully saturated rings. The van der Waals surface area contributed by atoms with Gasteiger partial charge in [0.05, 0.1) is 0 Å². The number of para-hydroxylation sites is 1. The summed E-state index contributed by atoms with van der Waals surface area (Å²) in [7, 11) is 0. The molecule has 3 heterocycles. The second-order valence-electron chi connectivity index (χ2n) is 7.67. The zero-order chi connectivity index (χ0) is 18.1. The highest BCUT2D eigenvalue weighted by atomic mass is 16.2. The van der Waals surface area contributed by atoms with Crippen molar-refractivity contribution < 1.29 is 9.59 Å². The summed E-state index contributed by atoms with van der Waals surface area (Å²) in [4.78, 5) is 31.6. The molecular weight excluding hydrogens is 326 g/mol. The van der Waals surface area contributed by atoms with Crippen LogP contribution in [-0.4, -0.2) is 52.8 Å². The van der Waals surface area contributed by atoms with Crippen LogP contribution in [0.5, 0.6) is 0 Å². The van der Waals surface area contributed by atoms with Gasteiger partial charge in [-0.2, -0.15) is 0 Å². The number of aromatic nitrogens is 1. The Bertz CT molecular complexity index is 796. The molecule has 0 radical (unpaired) electrons. The number of nitrogens with one attached hydrogen (secondary N) is 1. The molecule has 2 aliphatic rings. The third-order valence-electron chi connectivity index (χ3n) is 6.16. The highest BCUT2D eigenvalue weighted by Gasteiger charge is 2.32. The molecule has 2 aromatic rings. The summed E-state index contributed by atoms with van der Waals surface area (Å²) in [6.45, 7) is 4.73. The van der Waals surface area contributed by atoms with Gasteiger partial charge in [-0.05, 0) is 43.2 Å². The van der Waals surface area contributed by atoms with Gasteiger partial charge in [0.2, 0.25) is 11.8 Å². The van der Waals surface area contributed by atoms with Crippen LogP contribution in [0.25, 0.3) is 10.9 Å². The summed E-state index contributed by atoms with van der Waals surface area (Å²) in [5.74, 6) is 1.03. The largest absolute Gasteiger partial charge is 0.361 e. The lowest BCUT2D eigenvalue weighted by atomic mass is 9.88. The first kappa shape index (κ1) is 17.1. The molecule has 2 amide bonds. The second-order valence-corrected chi connectivity index (χ2v) is 7.67. The van der Waals surface area contributed by atoms with Crippen molar-refractivity contribution in [3.63, 3.8) is 0 Å². The van der Waals surface area contributed by atoms with Gasteiger partial charge in [-0.3, -0.25) is 9.59 Å². The number of H-pyrrole nitrogens is 1. The standard InChI is InChI=1S/C21H27N3O2/c1-15(25)23-10-8-17(9-11-23)21(26)24-12-6-16(7-13-24)19-14-22-20-5-3-2-4-18(19)20/h2-5,14,16-17,22H,6-13H2,1H3. The maximum atomic E-state index is 12.9. The number of carbonyl (C=O) groups excluding carboxylic acids is 2. The molecular formula is C21H27N3O2. The van der Waals surface area contributed by atoms with Crippen LogP contribution in [0.2, 0.25) is 0 Å². The van der Waals surface area contributed by atoms with Crippen molar-refractivity contribution in [3.05, 3.63) is 36.0 Å². The minimum Gasteiger partial charge on any atom is -0.361 e. The van der Waals surface area contributed by atoms with Gasteiger partial charge in [0.25, 0.3) is 0 Å². The van der Waals surface area contributed by atoms with Crippen LogP contribution in [0.1, 0.15) is 44.1 Å². The highest BCUT2D eigenvalue weighted by Crippen LogP contribution is 2.34. The Balaban J connectivity index is 1.35. The number of nitrogens with zero attached hydrogens (tertiary/aromatic N) is 2. The first-order valence-corrected chi connectivity index (χ1v) is 9.74. The van der Waals surface area contributed by atoms with E-state index in [0.29, 0.717) is 11.8 Å². The Kier molecular flexibility index (Phi) is 4.70. The molecule has 138 valence electrons. The topological polar surface area (TPSA) is 56.4 Å². The Hall–Kier alpha value is -2.30. The van der Waals surface area contributed by atoms with Crippen molar-refractivity contribution >= 4 is 22.7 Å². The van der Waals surface area contributed by atoms with E-state index in [9.17, 15) is 9.59 Å². The molecule has 0 unspecified atom stereocenters. The summed E-state index contributed by atoms with van der Waals surface area (Å²) in [5.41, 5.74) is 2.58. The van der Waals surface area contributed by atoms with Crippen LogP contribution in [0.15, 0.2) is 30.5 Å². The smallest absolute Gasteiger partial charge is 0.225 e. The maximum absolute atomic E-state index is 12.9. The van der Waals surface area contributed by atoms with E-state index in [1.807, 2.05) is 4.90 Å². The molecule has 2 aliphatic heterocycles. The van der Waals surface area contributed by atoms with Crippen LogP contribution < -0.4 is 0 Å². The van der Waals surface area contributed by atoms with Crippen LogP contribution in [0.3, 0.4) is 0 Å². The fourth-order valence-electron chi connectivity index (χ4n) is 4.54. The molecule has 0 spiro atoms. The first-order valence-electron chi connectivity index (χ1n) is 9.74. The van der Waals surface area contributed by atoms with Crippen molar-refractivity contribution in [2.75, 3.05) is 26.2 Å². The molecule has 1 N–H and O–H groups in total. The Morgan fingerprint density at radius 3 is 2.31 bits per heavy atom. The fourth-order valence-corrected chi connectivity index (χ4v) is 4.54. The van der Waals surface area contributed by atoms with Gasteiger partial charge in [0.15, 0.2) is 0 Å². The van der Waals surface area contributed by atoms with Crippen LogP contribution in [-0.2, 0) is 9.59 Å². The van der Waals surface area contributed by atoms with Gasteiger partial charge in [-0.15, -0.1) is 0 Å². The summed E-state index contributed by atoms with van der Waals surface area (Å²) >= 11 is 0. The van der Waals surface area contributed by atoms with Crippen molar-refractivity contribution in [2.24, 2.45) is 5.92 Å². The molecule has 2 saturated heterocycles. The number of benzene rings is 1. The average molecular weight is 353 g/mol. The number of hydrogen-bond acceptors (Lipinski definition) is 2. The van der Waals surface area contributed by atoms with E-state index < -0.39 is 0 Å². The van der Waals surface area contributed by atoms with Crippen molar-refractivity contribution in [2.45, 2.75) is 38.5 Å². The lowest BCUT2D eigenvalue weighted by Crippen LogP contribution is -2.46. The number of rotatable bonds is 2. The van der Waals surface area contributed by atoms with Crippen molar-refractivity contribution in [1.82, 2.24) is 14.8 Å². The summed E-state index contributed by atoms with van der Waals surface area (Å²) in [6, 6.07) is 8.44. The number of fused-ring (bicyclic) bond motifs is 1. The van der Waals surface area contributed by atoms with E-state index in [-0.39, 0.29) is 11.8 Å². The molecule has 5 heteroatoms. The maximum Gasteiger partial charge on any atom is 0.225 e. The molecule has 1 aromatic heterocycles. The second kappa shape index (κ2) is 7.14. The zero-order valence-corrected chi connectivity index (χ0v) is 15.4. The third kappa shape index (κ3) is 3.22. The zero-order valence-electron chi connectivity index (χ0n) is 15.4. The molecule has 4 rings (SSSR count). The number of aromatic amines is 1. The number of amides is 2. The molecule has 1 aromatic carbocycles. The average Bonchev–Trinajstić information content (AvgIpc) is 3.12. The molecule has 0 bridgehead atoms. The van der Waals surface area contributed by atoms with Crippen LogP contribution in [0.4, 0.5) is 0 Å². The lowest BCUT2D eigenvalue weighted by Gasteiger charge is -2.37. The number of hydrogen-bond donors (Lipinski definition) is 1. The van der Waals surface area contributed by atoms with E-state index in [2.05, 4.69) is 40.3 Å². The predicted octanol–water partition coefficient (Wildman–Crippen LogP) is 3.13.